The van der Waals surface area contributed by atoms with E-state index in [4.69, 9.17) is 9.41 Å². The first-order chi connectivity index (χ1) is 11.7. The third-order valence-corrected chi connectivity index (χ3v) is 4.67. The molecule has 2 rings (SSSR count). The summed E-state index contributed by atoms with van der Waals surface area (Å²) in [5, 5.41) is 7.17. The molecule has 6 heteroatoms. The van der Waals surface area contributed by atoms with Crippen LogP contribution in [0.5, 0.6) is 0 Å². The Bertz CT molecular complexity index is 470. The molecule has 5 nitrogen and oxygen atoms in total. The van der Waals surface area contributed by atoms with Gasteiger partial charge in [0, 0.05) is 38.1 Å². The molecule has 1 fully saturated rings. The minimum Gasteiger partial charge on any atom is -0.469 e. The lowest BCUT2D eigenvalue weighted by atomic mass is 10.1. The molecule has 0 radical (unpaired) electrons. The standard InChI is InChI=1S/C19H34N4O.HI/c1-4-12-23-13-9-17(10-14-23)22-19(21-16(3)5-2)20-11-8-18-7-6-15-24-18;/h6-7,15-17H,4-5,8-14H2,1-3H3,(H2,20,21,22);1H. The summed E-state index contributed by atoms with van der Waals surface area (Å²) in [5.74, 6) is 1.94. The predicted octanol–water partition coefficient (Wildman–Crippen LogP) is 3.65. The molecule has 1 saturated heterocycles. The van der Waals surface area contributed by atoms with Gasteiger partial charge in [0.15, 0.2) is 5.96 Å². The molecule has 0 amide bonds. The van der Waals surface area contributed by atoms with Gasteiger partial charge in [-0.15, -0.1) is 24.0 Å². The third kappa shape index (κ3) is 8.44. The Morgan fingerprint density at radius 3 is 2.72 bits per heavy atom. The number of nitrogens with one attached hydrogen (secondary N) is 2. The van der Waals surface area contributed by atoms with Crippen molar-refractivity contribution in [1.82, 2.24) is 15.5 Å². The molecule has 2 N–H and O–H groups in total. The molecule has 1 atom stereocenters. The average molecular weight is 462 g/mol. The van der Waals surface area contributed by atoms with Gasteiger partial charge >= 0.3 is 0 Å². The maximum absolute atomic E-state index is 5.39. The minimum absolute atomic E-state index is 0. The summed E-state index contributed by atoms with van der Waals surface area (Å²) in [4.78, 5) is 7.32. The van der Waals surface area contributed by atoms with Gasteiger partial charge in [0.05, 0.1) is 6.26 Å². The number of rotatable bonds is 8. The first-order valence-electron chi connectivity index (χ1n) is 9.53. The molecule has 0 saturated carbocycles. The molecule has 0 aromatic carbocycles. The number of hydrogen-bond donors (Lipinski definition) is 2. The van der Waals surface area contributed by atoms with Crippen LogP contribution in [0.2, 0.25) is 0 Å². The van der Waals surface area contributed by atoms with E-state index in [0.29, 0.717) is 12.1 Å². The molecular weight excluding hydrogens is 427 g/mol. The van der Waals surface area contributed by atoms with Crippen molar-refractivity contribution in [3.63, 3.8) is 0 Å². The van der Waals surface area contributed by atoms with E-state index in [9.17, 15) is 0 Å². The van der Waals surface area contributed by atoms with E-state index in [1.807, 2.05) is 12.1 Å². The normalized spacial score (nSPS) is 17.8. The number of likely N-dealkylation sites (tertiary alicyclic amines) is 1. The molecule has 1 aromatic rings. The highest BCUT2D eigenvalue weighted by Gasteiger charge is 2.19. The topological polar surface area (TPSA) is 52.8 Å². The molecule has 144 valence electrons. The van der Waals surface area contributed by atoms with Crippen LogP contribution >= 0.6 is 24.0 Å². The van der Waals surface area contributed by atoms with Crippen LogP contribution in [-0.2, 0) is 6.42 Å². The van der Waals surface area contributed by atoms with E-state index >= 15 is 0 Å². The molecule has 2 heterocycles. The Labute approximate surface area is 170 Å². The Morgan fingerprint density at radius 1 is 1.36 bits per heavy atom. The summed E-state index contributed by atoms with van der Waals surface area (Å²) < 4.78 is 5.39. The summed E-state index contributed by atoms with van der Waals surface area (Å²) >= 11 is 0. The van der Waals surface area contributed by atoms with Crippen molar-refractivity contribution < 1.29 is 4.42 Å². The number of halogens is 1. The van der Waals surface area contributed by atoms with Gasteiger partial charge in [-0.3, -0.25) is 4.99 Å². The lowest BCUT2D eigenvalue weighted by Gasteiger charge is -2.33. The Balaban J connectivity index is 0.00000312. The highest BCUT2D eigenvalue weighted by Crippen LogP contribution is 2.10. The molecule has 1 unspecified atom stereocenters. The van der Waals surface area contributed by atoms with E-state index in [1.165, 1.54) is 38.9 Å². The fourth-order valence-electron chi connectivity index (χ4n) is 3.01. The molecule has 0 aliphatic carbocycles. The summed E-state index contributed by atoms with van der Waals surface area (Å²) in [6.07, 6.45) is 7.29. The highest BCUT2D eigenvalue weighted by molar-refractivity contribution is 14.0. The van der Waals surface area contributed by atoms with Crippen molar-refractivity contribution in [3.8, 4) is 0 Å². The van der Waals surface area contributed by atoms with Crippen LogP contribution in [0.4, 0.5) is 0 Å². The van der Waals surface area contributed by atoms with Crippen LogP contribution < -0.4 is 10.6 Å². The lowest BCUT2D eigenvalue weighted by molar-refractivity contribution is 0.206. The van der Waals surface area contributed by atoms with Crippen molar-refractivity contribution in [1.29, 1.82) is 0 Å². The number of aliphatic imine (C=N–C) groups is 1. The fourth-order valence-corrected chi connectivity index (χ4v) is 3.01. The van der Waals surface area contributed by atoms with Crippen LogP contribution in [0, 0.1) is 0 Å². The van der Waals surface area contributed by atoms with Crippen molar-refractivity contribution in [2.75, 3.05) is 26.2 Å². The van der Waals surface area contributed by atoms with E-state index in [0.717, 1.165) is 31.1 Å². The van der Waals surface area contributed by atoms with E-state index in [-0.39, 0.29) is 24.0 Å². The molecule has 25 heavy (non-hydrogen) atoms. The first kappa shape index (κ1) is 22.3. The molecule has 0 spiro atoms. The zero-order valence-corrected chi connectivity index (χ0v) is 18.3. The maximum atomic E-state index is 5.39. The van der Waals surface area contributed by atoms with Crippen molar-refractivity contribution in [2.24, 2.45) is 4.99 Å². The van der Waals surface area contributed by atoms with Crippen LogP contribution in [0.25, 0.3) is 0 Å². The molecule has 1 aromatic heterocycles. The monoisotopic (exact) mass is 462 g/mol. The zero-order valence-electron chi connectivity index (χ0n) is 16.0. The van der Waals surface area contributed by atoms with Crippen LogP contribution in [-0.4, -0.2) is 49.1 Å². The van der Waals surface area contributed by atoms with Gasteiger partial charge in [0.25, 0.3) is 0 Å². The Kier molecular flexibility index (Phi) is 11.2. The van der Waals surface area contributed by atoms with E-state index in [1.54, 1.807) is 6.26 Å². The van der Waals surface area contributed by atoms with E-state index < -0.39 is 0 Å². The summed E-state index contributed by atoms with van der Waals surface area (Å²) in [6.45, 7) is 11.0. The van der Waals surface area contributed by atoms with Crippen LogP contribution in [0.15, 0.2) is 27.8 Å². The second kappa shape index (κ2) is 12.6. The number of furan rings is 1. The lowest BCUT2D eigenvalue weighted by Crippen LogP contribution is -2.50. The third-order valence-electron chi connectivity index (χ3n) is 4.67. The van der Waals surface area contributed by atoms with Gasteiger partial charge < -0.3 is 20.0 Å². The zero-order chi connectivity index (χ0) is 17.2. The first-order valence-corrected chi connectivity index (χ1v) is 9.53. The number of nitrogens with zero attached hydrogens (tertiary/aromatic N) is 2. The largest absolute Gasteiger partial charge is 0.469 e. The molecule has 1 aliphatic heterocycles. The summed E-state index contributed by atoms with van der Waals surface area (Å²) in [6, 6.07) is 4.89. The maximum Gasteiger partial charge on any atom is 0.191 e. The Hall–Kier alpha value is -0.760. The number of hydrogen-bond acceptors (Lipinski definition) is 3. The van der Waals surface area contributed by atoms with E-state index in [2.05, 4.69) is 36.3 Å². The number of guanidine groups is 1. The van der Waals surface area contributed by atoms with Gasteiger partial charge in [-0.25, -0.2) is 0 Å². The second-order valence-electron chi connectivity index (χ2n) is 6.77. The second-order valence-corrected chi connectivity index (χ2v) is 6.77. The van der Waals surface area contributed by atoms with Crippen molar-refractivity contribution in [3.05, 3.63) is 24.2 Å². The van der Waals surface area contributed by atoms with Crippen molar-refractivity contribution >= 4 is 29.9 Å². The Morgan fingerprint density at radius 2 is 2.12 bits per heavy atom. The molecule has 0 bridgehead atoms. The smallest absolute Gasteiger partial charge is 0.191 e. The van der Waals surface area contributed by atoms with Crippen LogP contribution in [0.3, 0.4) is 0 Å². The van der Waals surface area contributed by atoms with Gasteiger partial charge in [0.1, 0.15) is 5.76 Å². The SMILES string of the molecule is CCCN1CCC(NC(=NCCc2ccco2)NC(C)CC)CC1.I. The minimum atomic E-state index is 0. The molecule has 1 aliphatic rings. The van der Waals surface area contributed by atoms with Gasteiger partial charge in [-0.2, -0.15) is 0 Å². The van der Waals surface area contributed by atoms with Crippen LogP contribution in [0.1, 0.15) is 52.2 Å². The van der Waals surface area contributed by atoms with Gasteiger partial charge in [-0.05, 0) is 51.3 Å². The highest BCUT2D eigenvalue weighted by atomic mass is 127. The summed E-state index contributed by atoms with van der Waals surface area (Å²) in [7, 11) is 0. The fraction of sp³-hybridized carbons (Fsp3) is 0.737. The average Bonchev–Trinajstić information content (AvgIpc) is 3.10. The summed E-state index contributed by atoms with van der Waals surface area (Å²) in [5.41, 5.74) is 0. The predicted molar refractivity (Wildman–Crippen MR) is 116 cm³/mol. The van der Waals surface area contributed by atoms with Crippen molar-refractivity contribution in [2.45, 2.75) is 65.0 Å². The quantitative estimate of drug-likeness (QED) is 0.352. The molecular formula is C19H35IN4O. The van der Waals surface area contributed by atoms with Gasteiger partial charge in [-0.1, -0.05) is 13.8 Å². The number of piperidine rings is 1. The van der Waals surface area contributed by atoms with Gasteiger partial charge in [0.2, 0.25) is 0 Å².